The molecule has 7 nitrogen and oxygen atoms in total. The summed E-state index contributed by atoms with van der Waals surface area (Å²) in [4.78, 5) is 22.9. The number of benzene rings is 2. The van der Waals surface area contributed by atoms with E-state index in [4.69, 9.17) is 26.5 Å². The van der Waals surface area contributed by atoms with E-state index < -0.39 is 17.9 Å². The largest absolute Gasteiger partial charge is 0.519 e. The van der Waals surface area contributed by atoms with Crippen molar-refractivity contribution >= 4 is 17.6 Å². The van der Waals surface area contributed by atoms with Crippen molar-refractivity contribution < 1.29 is 23.5 Å². The van der Waals surface area contributed by atoms with Gasteiger partial charge in [-0.25, -0.2) is 4.79 Å². The summed E-state index contributed by atoms with van der Waals surface area (Å²) >= 11 is 6.04. The second kappa shape index (κ2) is 10.4. The van der Waals surface area contributed by atoms with Crippen LogP contribution in [0.25, 0.3) is 11.1 Å². The fourth-order valence-corrected chi connectivity index (χ4v) is 3.41. The Morgan fingerprint density at radius 1 is 1.16 bits per heavy atom. The summed E-state index contributed by atoms with van der Waals surface area (Å²) in [5, 5.41) is 10.8. The molecule has 0 fully saturated rings. The van der Waals surface area contributed by atoms with Crippen LogP contribution < -0.4 is 11.6 Å². The van der Waals surface area contributed by atoms with Gasteiger partial charge in [-0.05, 0) is 48.6 Å². The summed E-state index contributed by atoms with van der Waals surface area (Å²) in [5.41, 5.74) is 9.25. The first kappa shape index (κ1) is 22.8. The topological polar surface area (TPSA) is 116 Å². The molecule has 2 aromatic carbocycles. The van der Waals surface area contributed by atoms with E-state index in [1.54, 1.807) is 0 Å². The Balaban J connectivity index is 1.45. The minimum absolute atomic E-state index is 0.144. The number of esters is 1. The van der Waals surface area contributed by atoms with Gasteiger partial charge in [0.1, 0.15) is 0 Å². The van der Waals surface area contributed by atoms with Gasteiger partial charge in [-0.2, -0.15) is 0 Å². The van der Waals surface area contributed by atoms with Gasteiger partial charge in [0.05, 0.1) is 12.5 Å². The van der Waals surface area contributed by atoms with Gasteiger partial charge in [-0.1, -0.05) is 48.0 Å². The van der Waals surface area contributed by atoms with E-state index in [2.05, 4.69) is 4.42 Å². The molecule has 164 valence electrons. The van der Waals surface area contributed by atoms with Crippen LogP contribution in [0.5, 0.6) is 0 Å². The van der Waals surface area contributed by atoms with Crippen LogP contribution in [-0.2, 0) is 22.6 Å². The number of aliphatic hydroxyl groups excluding tert-OH is 1. The molecule has 0 aliphatic carbocycles. The zero-order chi connectivity index (χ0) is 22.4. The van der Waals surface area contributed by atoms with Crippen LogP contribution in [0.3, 0.4) is 0 Å². The van der Waals surface area contributed by atoms with Gasteiger partial charge in [0.2, 0.25) is 0 Å². The Bertz CT molecular complexity index is 1070. The van der Waals surface area contributed by atoms with Crippen molar-refractivity contribution in [2.45, 2.75) is 44.9 Å². The highest BCUT2D eigenvalue weighted by Gasteiger charge is 2.18. The van der Waals surface area contributed by atoms with Gasteiger partial charge >= 0.3 is 11.8 Å². The SMILES string of the molecule is Cc1oc(=O)oc1COC(=O)C[C@H](O)C[C@H](N)Cc1ccc(-c2cccc(Cl)c2)cc1. The number of carbonyl (C=O) groups is 1. The highest BCUT2D eigenvalue weighted by molar-refractivity contribution is 6.30. The smallest absolute Gasteiger partial charge is 0.457 e. The molecule has 0 spiro atoms. The average Bonchev–Trinajstić information content (AvgIpc) is 3.03. The third-order valence-electron chi connectivity index (χ3n) is 4.79. The number of ether oxygens (including phenoxy) is 1. The Hall–Kier alpha value is -2.87. The quantitative estimate of drug-likeness (QED) is 0.483. The van der Waals surface area contributed by atoms with Gasteiger partial charge in [0, 0.05) is 11.1 Å². The van der Waals surface area contributed by atoms with E-state index in [0.29, 0.717) is 11.4 Å². The van der Waals surface area contributed by atoms with Gasteiger partial charge in [-0.3, -0.25) is 4.79 Å². The molecular formula is C23H24ClNO6. The zero-order valence-corrected chi connectivity index (χ0v) is 17.8. The normalized spacial score (nSPS) is 13.0. The van der Waals surface area contributed by atoms with Gasteiger partial charge < -0.3 is 24.4 Å². The fourth-order valence-electron chi connectivity index (χ4n) is 3.22. The average molecular weight is 446 g/mol. The predicted octanol–water partition coefficient (Wildman–Crippen LogP) is 3.62. The Morgan fingerprint density at radius 2 is 1.90 bits per heavy atom. The molecule has 2 atom stereocenters. The second-order valence-electron chi connectivity index (χ2n) is 7.36. The first-order chi connectivity index (χ1) is 14.8. The molecule has 31 heavy (non-hydrogen) atoms. The van der Waals surface area contributed by atoms with Crippen molar-refractivity contribution in [3.8, 4) is 11.1 Å². The minimum atomic E-state index is -0.939. The molecule has 0 saturated carbocycles. The van der Waals surface area contributed by atoms with Crippen LogP contribution in [-0.4, -0.2) is 23.2 Å². The van der Waals surface area contributed by atoms with Crippen LogP contribution in [0.2, 0.25) is 5.02 Å². The molecule has 3 N–H and O–H groups in total. The highest BCUT2D eigenvalue weighted by atomic mass is 35.5. The summed E-state index contributed by atoms with van der Waals surface area (Å²) in [6.45, 7) is 1.30. The third-order valence-corrected chi connectivity index (χ3v) is 5.02. The van der Waals surface area contributed by atoms with E-state index in [0.717, 1.165) is 16.7 Å². The maximum absolute atomic E-state index is 11.9. The van der Waals surface area contributed by atoms with Gasteiger partial charge in [-0.15, -0.1) is 0 Å². The third kappa shape index (κ3) is 6.82. The second-order valence-corrected chi connectivity index (χ2v) is 7.80. The van der Waals surface area contributed by atoms with Crippen LogP contribution in [0.15, 0.2) is 62.2 Å². The molecule has 0 saturated heterocycles. The van der Waals surface area contributed by atoms with E-state index >= 15 is 0 Å². The first-order valence-electron chi connectivity index (χ1n) is 9.83. The molecule has 3 rings (SSSR count). The number of hydrogen-bond acceptors (Lipinski definition) is 7. The molecule has 0 bridgehead atoms. The Morgan fingerprint density at radius 3 is 2.55 bits per heavy atom. The Kier molecular flexibility index (Phi) is 7.68. The molecule has 3 aromatic rings. The molecule has 0 amide bonds. The minimum Gasteiger partial charge on any atom is -0.457 e. The van der Waals surface area contributed by atoms with E-state index in [9.17, 15) is 14.7 Å². The number of nitrogens with two attached hydrogens (primary N) is 1. The number of hydrogen-bond donors (Lipinski definition) is 2. The van der Waals surface area contributed by atoms with E-state index in [1.807, 2.05) is 48.5 Å². The standard InChI is InChI=1S/C23H24ClNO6/c1-14-21(31-23(28)30-14)13-29-22(27)12-20(26)11-19(25)9-15-5-7-16(8-6-15)17-3-2-4-18(24)10-17/h2-8,10,19-20,26H,9,11-13,25H2,1H3/t19-,20-/m1/s1. The van der Waals surface area contributed by atoms with Crippen LogP contribution in [0.4, 0.5) is 0 Å². The lowest BCUT2D eigenvalue weighted by atomic mass is 9.98. The van der Waals surface area contributed by atoms with Crippen LogP contribution >= 0.6 is 11.6 Å². The van der Waals surface area contributed by atoms with Crippen molar-refractivity contribution in [2.75, 3.05) is 0 Å². The number of rotatable bonds is 9. The lowest BCUT2D eigenvalue weighted by Crippen LogP contribution is -2.29. The number of halogens is 1. The summed E-state index contributed by atoms with van der Waals surface area (Å²) in [5.74, 6) is -1.07. The number of carbonyl (C=O) groups excluding carboxylic acids is 1. The van der Waals surface area contributed by atoms with E-state index in [1.165, 1.54) is 6.92 Å². The summed E-state index contributed by atoms with van der Waals surface area (Å²) in [6.07, 6.45) is -0.347. The maximum Gasteiger partial charge on any atom is 0.519 e. The molecule has 0 aliphatic heterocycles. The van der Waals surface area contributed by atoms with Crippen molar-refractivity contribution in [1.82, 2.24) is 0 Å². The molecule has 0 radical (unpaired) electrons. The Labute approximate surface area is 184 Å². The van der Waals surface area contributed by atoms with Crippen molar-refractivity contribution in [3.63, 3.8) is 0 Å². The number of aliphatic hydroxyl groups is 1. The van der Waals surface area contributed by atoms with Crippen LogP contribution in [0.1, 0.15) is 29.9 Å². The molecule has 0 unspecified atom stereocenters. The molecule has 8 heteroatoms. The molecular weight excluding hydrogens is 422 g/mol. The zero-order valence-electron chi connectivity index (χ0n) is 17.0. The van der Waals surface area contributed by atoms with Gasteiger partial charge in [0.25, 0.3) is 0 Å². The maximum atomic E-state index is 11.9. The summed E-state index contributed by atoms with van der Waals surface area (Å²) in [7, 11) is 0. The van der Waals surface area contributed by atoms with Crippen molar-refractivity contribution in [3.05, 3.63) is 81.3 Å². The predicted molar refractivity (Wildman–Crippen MR) is 116 cm³/mol. The molecule has 1 aromatic heterocycles. The molecule has 0 aliphatic rings. The fraction of sp³-hybridized carbons (Fsp3) is 0.304. The van der Waals surface area contributed by atoms with Crippen LogP contribution in [0, 0.1) is 6.92 Å². The monoisotopic (exact) mass is 445 g/mol. The van der Waals surface area contributed by atoms with Crippen molar-refractivity contribution in [1.29, 1.82) is 0 Å². The summed E-state index contributed by atoms with van der Waals surface area (Å²) < 4.78 is 14.5. The summed E-state index contributed by atoms with van der Waals surface area (Å²) in [6, 6.07) is 15.3. The first-order valence-corrected chi connectivity index (χ1v) is 10.2. The number of aryl methyl sites for hydroxylation is 1. The highest BCUT2D eigenvalue weighted by Crippen LogP contribution is 2.23. The van der Waals surface area contributed by atoms with E-state index in [-0.39, 0.29) is 37.0 Å². The molecule has 1 heterocycles. The van der Waals surface area contributed by atoms with Gasteiger partial charge in [0.15, 0.2) is 18.1 Å². The van der Waals surface area contributed by atoms with Crippen molar-refractivity contribution in [2.24, 2.45) is 5.73 Å². The lowest BCUT2D eigenvalue weighted by Gasteiger charge is -2.16. The lowest BCUT2D eigenvalue weighted by molar-refractivity contribution is -0.147.